The molecule has 0 radical (unpaired) electrons. The van der Waals surface area contributed by atoms with Gasteiger partial charge in [-0.25, -0.2) is 0 Å². The average molecular weight is 286 g/mol. The van der Waals surface area contributed by atoms with Crippen molar-refractivity contribution in [1.29, 1.82) is 0 Å². The summed E-state index contributed by atoms with van der Waals surface area (Å²) in [6.45, 7) is 13.6. The minimum atomic E-state index is -0.156. The first-order chi connectivity index (χ1) is 9.71. The van der Waals surface area contributed by atoms with E-state index in [1.165, 1.54) is 5.56 Å². The molecule has 0 saturated heterocycles. The number of nitrogens with zero attached hydrogens (tertiary/aromatic N) is 2. The van der Waals surface area contributed by atoms with Gasteiger partial charge in [0.25, 0.3) is 0 Å². The van der Waals surface area contributed by atoms with Gasteiger partial charge in [-0.3, -0.25) is 4.68 Å². The summed E-state index contributed by atoms with van der Waals surface area (Å²) >= 11 is 0. The fourth-order valence-corrected chi connectivity index (χ4v) is 2.73. The Hall–Kier alpha value is -1.77. The normalized spacial score (nSPS) is 12.1. The molecule has 0 spiro atoms. The minimum absolute atomic E-state index is 0.154. The smallest absolute Gasteiger partial charge is 0.234 e. The van der Waals surface area contributed by atoms with Gasteiger partial charge in [0, 0.05) is 17.7 Å². The maximum Gasteiger partial charge on any atom is 0.234 e. The lowest BCUT2D eigenvalue weighted by atomic mass is 9.84. The summed E-state index contributed by atoms with van der Waals surface area (Å²) in [6.07, 6.45) is 0. The van der Waals surface area contributed by atoms with E-state index in [4.69, 9.17) is 0 Å². The second kappa shape index (κ2) is 5.55. The molecule has 0 atom stereocenters. The molecule has 1 aromatic heterocycles. The Morgan fingerprint density at radius 2 is 1.81 bits per heavy atom. The van der Waals surface area contributed by atoms with E-state index in [0.717, 1.165) is 23.4 Å². The minimum Gasteiger partial charge on any atom is -0.492 e. The summed E-state index contributed by atoms with van der Waals surface area (Å²) in [5.41, 5.74) is 4.17. The second-order valence-electron chi connectivity index (χ2n) is 7.19. The molecule has 0 amide bonds. The van der Waals surface area contributed by atoms with Crippen LogP contribution in [0.3, 0.4) is 0 Å². The highest BCUT2D eigenvalue weighted by atomic mass is 16.3. The van der Waals surface area contributed by atoms with Gasteiger partial charge < -0.3 is 5.11 Å². The van der Waals surface area contributed by atoms with Crippen LogP contribution in [-0.2, 0) is 12.0 Å². The van der Waals surface area contributed by atoms with Crippen LogP contribution in [0, 0.1) is 12.8 Å². The Morgan fingerprint density at radius 3 is 2.33 bits per heavy atom. The number of aryl methyl sites for hydroxylation is 1. The van der Waals surface area contributed by atoms with E-state index < -0.39 is 0 Å². The zero-order valence-corrected chi connectivity index (χ0v) is 13.9. The SMILES string of the molecule is Cc1ccccc1-c1c(C(C)(C)C)c(O)nn1CC(C)C. The summed E-state index contributed by atoms with van der Waals surface area (Å²) in [5, 5.41) is 14.8. The molecular weight excluding hydrogens is 260 g/mol. The first-order valence-electron chi connectivity index (χ1n) is 7.58. The van der Waals surface area contributed by atoms with E-state index in [9.17, 15) is 5.11 Å². The van der Waals surface area contributed by atoms with Gasteiger partial charge in [-0.2, -0.15) is 0 Å². The van der Waals surface area contributed by atoms with Crippen LogP contribution in [-0.4, -0.2) is 14.9 Å². The number of hydrogen-bond donors (Lipinski definition) is 1. The molecule has 1 aromatic carbocycles. The number of benzene rings is 1. The lowest BCUT2D eigenvalue weighted by Gasteiger charge is -2.21. The third-order valence-electron chi connectivity index (χ3n) is 3.62. The zero-order valence-electron chi connectivity index (χ0n) is 13.9. The highest BCUT2D eigenvalue weighted by Gasteiger charge is 2.29. The Balaban J connectivity index is 2.74. The standard InChI is InChI=1S/C18H26N2O/c1-12(2)11-20-16(14-10-8-7-9-13(14)3)15(17(21)19-20)18(4,5)6/h7-10,12H,11H2,1-6H3,(H,19,21). The van der Waals surface area contributed by atoms with Crippen LogP contribution in [0.25, 0.3) is 11.3 Å². The maximum absolute atomic E-state index is 10.4. The van der Waals surface area contributed by atoms with Crippen LogP contribution >= 0.6 is 0 Å². The average Bonchev–Trinajstić information content (AvgIpc) is 2.65. The van der Waals surface area contributed by atoms with Gasteiger partial charge in [-0.1, -0.05) is 58.9 Å². The molecular formula is C18H26N2O. The first kappa shape index (κ1) is 15.6. The number of aromatic nitrogens is 2. The summed E-state index contributed by atoms with van der Waals surface area (Å²) in [4.78, 5) is 0. The molecule has 2 aromatic rings. The summed E-state index contributed by atoms with van der Waals surface area (Å²) in [6, 6.07) is 8.29. The Labute approximate surface area is 127 Å². The molecule has 2 rings (SSSR count). The van der Waals surface area contributed by atoms with Crippen molar-refractivity contribution in [1.82, 2.24) is 9.78 Å². The van der Waals surface area contributed by atoms with E-state index in [1.54, 1.807) is 0 Å². The third kappa shape index (κ3) is 3.12. The van der Waals surface area contributed by atoms with Crippen molar-refractivity contribution in [2.75, 3.05) is 0 Å². The molecule has 0 aliphatic heterocycles. The van der Waals surface area contributed by atoms with Crippen LogP contribution in [0.2, 0.25) is 0 Å². The van der Waals surface area contributed by atoms with Gasteiger partial charge in [-0.15, -0.1) is 5.10 Å². The lowest BCUT2D eigenvalue weighted by molar-refractivity contribution is 0.411. The largest absolute Gasteiger partial charge is 0.492 e. The quantitative estimate of drug-likeness (QED) is 0.901. The number of aromatic hydroxyl groups is 1. The Kier molecular flexibility index (Phi) is 4.13. The van der Waals surface area contributed by atoms with Crippen molar-refractivity contribution >= 4 is 0 Å². The van der Waals surface area contributed by atoms with Gasteiger partial charge in [0.15, 0.2) is 0 Å². The van der Waals surface area contributed by atoms with E-state index in [2.05, 4.69) is 58.8 Å². The maximum atomic E-state index is 10.4. The van der Waals surface area contributed by atoms with Crippen LogP contribution in [0.15, 0.2) is 24.3 Å². The molecule has 0 fully saturated rings. The van der Waals surface area contributed by atoms with Crippen LogP contribution in [0.4, 0.5) is 0 Å². The van der Waals surface area contributed by atoms with Crippen LogP contribution < -0.4 is 0 Å². The van der Waals surface area contributed by atoms with E-state index in [1.807, 2.05) is 16.8 Å². The fourth-order valence-electron chi connectivity index (χ4n) is 2.73. The molecule has 0 saturated carbocycles. The molecule has 0 aliphatic carbocycles. The monoisotopic (exact) mass is 286 g/mol. The molecule has 0 unspecified atom stereocenters. The summed E-state index contributed by atoms with van der Waals surface area (Å²) in [5.74, 6) is 0.626. The predicted octanol–water partition coefficient (Wildman–Crippen LogP) is 4.52. The van der Waals surface area contributed by atoms with Gasteiger partial charge in [-0.05, 0) is 23.8 Å². The first-order valence-corrected chi connectivity index (χ1v) is 7.58. The van der Waals surface area contributed by atoms with Crippen molar-refractivity contribution in [3.63, 3.8) is 0 Å². The molecule has 3 heteroatoms. The van der Waals surface area contributed by atoms with Gasteiger partial charge in [0.05, 0.1) is 5.69 Å². The molecule has 21 heavy (non-hydrogen) atoms. The van der Waals surface area contributed by atoms with E-state index in [-0.39, 0.29) is 11.3 Å². The highest BCUT2D eigenvalue weighted by molar-refractivity contribution is 5.70. The summed E-state index contributed by atoms with van der Waals surface area (Å²) < 4.78 is 1.96. The second-order valence-corrected chi connectivity index (χ2v) is 7.19. The topological polar surface area (TPSA) is 38.1 Å². The van der Waals surface area contributed by atoms with Crippen LogP contribution in [0.1, 0.15) is 45.7 Å². The van der Waals surface area contributed by atoms with Crippen LogP contribution in [0.5, 0.6) is 5.88 Å². The van der Waals surface area contributed by atoms with Gasteiger partial charge in [0.2, 0.25) is 5.88 Å². The van der Waals surface area contributed by atoms with Crippen molar-refractivity contribution in [2.24, 2.45) is 5.92 Å². The number of hydrogen-bond acceptors (Lipinski definition) is 2. The third-order valence-corrected chi connectivity index (χ3v) is 3.62. The van der Waals surface area contributed by atoms with Gasteiger partial charge in [0.1, 0.15) is 0 Å². The molecule has 3 nitrogen and oxygen atoms in total. The Morgan fingerprint density at radius 1 is 1.19 bits per heavy atom. The zero-order chi connectivity index (χ0) is 15.8. The van der Waals surface area contributed by atoms with Crippen molar-refractivity contribution in [2.45, 2.75) is 53.5 Å². The molecule has 0 aliphatic rings. The molecule has 1 N–H and O–H groups in total. The van der Waals surface area contributed by atoms with E-state index in [0.29, 0.717) is 5.92 Å². The Bertz CT molecular complexity index is 633. The fraction of sp³-hybridized carbons (Fsp3) is 0.500. The molecule has 0 bridgehead atoms. The molecule has 1 heterocycles. The number of rotatable bonds is 3. The van der Waals surface area contributed by atoms with E-state index >= 15 is 0 Å². The predicted molar refractivity (Wildman–Crippen MR) is 87.6 cm³/mol. The van der Waals surface area contributed by atoms with Crippen molar-refractivity contribution in [3.8, 4) is 17.1 Å². The highest BCUT2D eigenvalue weighted by Crippen LogP contribution is 2.40. The van der Waals surface area contributed by atoms with Crippen molar-refractivity contribution < 1.29 is 5.11 Å². The summed E-state index contributed by atoms with van der Waals surface area (Å²) in [7, 11) is 0. The van der Waals surface area contributed by atoms with Gasteiger partial charge >= 0.3 is 0 Å². The van der Waals surface area contributed by atoms with Crippen molar-refractivity contribution in [3.05, 3.63) is 35.4 Å². The molecule has 114 valence electrons. The lowest BCUT2D eigenvalue weighted by Crippen LogP contribution is -2.14.